The maximum atomic E-state index is 12.5. The van der Waals surface area contributed by atoms with Gasteiger partial charge in [0.2, 0.25) is 0 Å². The highest BCUT2D eigenvalue weighted by atomic mass is 79.9. The molecule has 0 N–H and O–H groups in total. The van der Waals surface area contributed by atoms with Crippen LogP contribution in [0.4, 0.5) is 0 Å². The maximum Gasteiger partial charge on any atom is 0.252 e. The molecule has 1 aromatic heterocycles. The van der Waals surface area contributed by atoms with Crippen LogP contribution in [0.1, 0.15) is 13.3 Å². The molecule has 17 heavy (non-hydrogen) atoms. The maximum absolute atomic E-state index is 12.5. The highest BCUT2D eigenvalue weighted by Crippen LogP contribution is 2.34. The standard InChI is InChI=1S/C10H13Br2NO2S2/c1-7-4-5-13(8(7)6-11)17(14,15)10-3-2-9(12)16-10/h2-3,7-8H,4-6H2,1H3. The number of halogens is 2. The molecule has 2 rings (SSSR count). The number of hydrogen-bond donors (Lipinski definition) is 0. The minimum absolute atomic E-state index is 0.0703. The monoisotopic (exact) mass is 401 g/mol. The van der Waals surface area contributed by atoms with Crippen LogP contribution in [0.2, 0.25) is 0 Å². The predicted octanol–water partition coefficient (Wildman–Crippen LogP) is 3.30. The first kappa shape index (κ1) is 14.0. The molecule has 0 saturated carbocycles. The summed E-state index contributed by atoms with van der Waals surface area (Å²) >= 11 is 7.99. The van der Waals surface area contributed by atoms with E-state index in [1.54, 1.807) is 16.4 Å². The Balaban J connectivity index is 2.33. The average molecular weight is 403 g/mol. The average Bonchev–Trinajstić information content (AvgIpc) is 2.84. The molecule has 1 fully saturated rings. The molecule has 7 heteroatoms. The first-order valence-electron chi connectivity index (χ1n) is 5.30. The lowest BCUT2D eigenvalue weighted by Crippen LogP contribution is -2.38. The van der Waals surface area contributed by atoms with Gasteiger partial charge in [0.25, 0.3) is 10.0 Å². The van der Waals surface area contributed by atoms with Gasteiger partial charge in [-0.2, -0.15) is 4.31 Å². The largest absolute Gasteiger partial charge is 0.252 e. The van der Waals surface area contributed by atoms with Crippen molar-refractivity contribution in [3.63, 3.8) is 0 Å². The zero-order chi connectivity index (χ0) is 12.6. The topological polar surface area (TPSA) is 37.4 Å². The highest BCUT2D eigenvalue weighted by molar-refractivity contribution is 9.11. The molecule has 0 bridgehead atoms. The first-order valence-corrected chi connectivity index (χ1v) is 9.47. The molecule has 2 atom stereocenters. The molecule has 0 spiro atoms. The lowest BCUT2D eigenvalue weighted by Gasteiger charge is -2.23. The van der Waals surface area contributed by atoms with Crippen LogP contribution in [0, 0.1) is 5.92 Å². The Morgan fingerprint density at radius 1 is 1.53 bits per heavy atom. The molecule has 3 nitrogen and oxygen atoms in total. The highest BCUT2D eigenvalue weighted by Gasteiger charge is 2.39. The van der Waals surface area contributed by atoms with E-state index in [-0.39, 0.29) is 6.04 Å². The third-order valence-corrected chi connectivity index (χ3v) is 7.78. The Morgan fingerprint density at radius 2 is 2.24 bits per heavy atom. The SMILES string of the molecule is CC1CCN(S(=O)(=O)c2ccc(Br)s2)C1CBr. The van der Waals surface area contributed by atoms with Crippen LogP contribution >= 0.6 is 43.2 Å². The van der Waals surface area contributed by atoms with Crippen molar-refractivity contribution in [2.24, 2.45) is 5.92 Å². The van der Waals surface area contributed by atoms with E-state index in [1.165, 1.54) is 11.3 Å². The molecule has 1 aliphatic rings. The molecule has 0 radical (unpaired) electrons. The number of thiophene rings is 1. The van der Waals surface area contributed by atoms with Crippen LogP contribution in [0.15, 0.2) is 20.1 Å². The van der Waals surface area contributed by atoms with Gasteiger partial charge in [0.15, 0.2) is 0 Å². The van der Waals surface area contributed by atoms with Crippen molar-refractivity contribution in [3.8, 4) is 0 Å². The van der Waals surface area contributed by atoms with Gasteiger partial charge in [0.05, 0.1) is 3.79 Å². The van der Waals surface area contributed by atoms with Crippen LogP contribution < -0.4 is 0 Å². The zero-order valence-electron chi connectivity index (χ0n) is 9.27. The molecule has 0 aliphatic carbocycles. The summed E-state index contributed by atoms with van der Waals surface area (Å²) in [5.74, 6) is 0.410. The Kier molecular flexibility index (Phi) is 4.35. The van der Waals surface area contributed by atoms with Crippen LogP contribution in [-0.2, 0) is 10.0 Å². The molecule has 0 aromatic carbocycles. The molecule has 96 valence electrons. The minimum atomic E-state index is -3.32. The summed E-state index contributed by atoms with van der Waals surface area (Å²) in [4.78, 5) is 0. The zero-order valence-corrected chi connectivity index (χ0v) is 14.1. The van der Waals surface area contributed by atoms with Gasteiger partial charge < -0.3 is 0 Å². The predicted molar refractivity (Wildman–Crippen MR) is 77.3 cm³/mol. The van der Waals surface area contributed by atoms with Gasteiger partial charge >= 0.3 is 0 Å². The number of sulfonamides is 1. The normalized spacial score (nSPS) is 26.5. The van der Waals surface area contributed by atoms with Gasteiger partial charge in [-0.15, -0.1) is 11.3 Å². The van der Waals surface area contributed by atoms with Crippen LogP contribution in [0.3, 0.4) is 0 Å². The van der Waals surface area contributed by atoms with Crippen molar-refractivity contribution in [1.29, 1.82) is 0 Å². The quantitative estimate of drug-likeness (QED) is 0.727. The third kappa shape index (κ3) is 2.63. The minimum Gasteiger partial charge on any atom is -0.206 e. The lowest BCUT2D eigenvalue weighted by atomic mass is 10.1. The van der Waals surface area contributed by atoms with Crippen LogP contribution in [-0.4, -0.2) is 30.6 Å². The lowest BCUT2D eigenvalue weighted by molar-refractivity contribution is 0.379. The van der Waals surface area contributed by atoms with Gasteiger partial charge in [-0.05, 0) is 40.4 Å². The Hall–Kier alpha value is 0.570. The number of alkyl halides is 1. The van der Waals surface area contributed by atoms with Crippen molar-refractivity contribution < 1.29 is 8.42 Å². The van der Waals surface area contributed by atoms with Crippen molar-refractivity contribution in [2.45, 2.75) is 23.6 Å². The van der Waals surface area contributed by atoms with Crippen LogP contribution in [0.25, 0.3) is 0 Å². The Morgan fingerprint density at radius 3 is 2.76 bits per heavy atom. The fraction of sp³-hybridized carbons (Fsp3) is 0.600. The van der Waals surface area contributed by atoms with Gasteiger partial charge in [0, 0.05) is 17.9 Å². The second-order valence-electron chi connectivity index (χ2n) is 4.16. The number of nitrogens with zero attached hydrogens (tertiary/aromatic N) is 1. The molecule has 2 heterocycles. The summed E-state index contributed by atoms with van der Waals surface area (Å²) in [5, 5.41) is 0.694. The summed E-state index contributed by atoms with van der Waals surface area (Å²) in [6.45, 7) is 2.72. The Labute approximate surface area is 123 Å². The summed E-state index contributed by atoms with van der Waals surface area (Å²) in [7, 11) is -3.32. The smallest absolute Gasteiger partial charge is 0.206 e. The van der Waals surface area contributed by atoms with Crippen molar-refractivity contribution in [1.82, 2.24) is 4.31 Å². The van der Waals surface area contributed by atoms with Gasteiger partial charge in [-0.3, -0.25) is 0 Å². The molecular formula is C10H13Br2NO2S2. The van der Waals surface area contributed by atoms with Crippen molar-refractivity contribution >= 4 is 53.2 Å². The van der Waals surface area contributed by atoms with E-state index >= 15 is 0 Å². The van der Waals surface area contributed by atoms with Gasteiger partial charge in [0.1, 0.15) is 4.21 Å². The second-order valence-corrected chi connectivity index (χ2v) is 9.39. The molecular weight excluding hydrogens is 390 g/mol. The number of rotatable bonds is 3. The van der Waals surface area contributed by atoms with E-state index in [9.17, 15) is 8.42 Å². The summed E-state index contributed by atoms with van der Waals surface area (Å²) in [6, 6.07) is 3.51. The van der Waals surface area contributed by atoms with Crippen LogP contribution in [0.5, 0.6) is 0 Å². The van der Waals surface area contributed by atoms with Gasteiger partial charge in [-0.25, -0.2) is 8.42 Å². The fourth-order valence-corrected chi connectivity index (χ4v) is 7.11. The fourth-order valence-electron chi connectivity index (χ4n) is 2.05. The van der Waals surface area contributed by atoms with E-state index in [4.69, 9.17) is 0 Å². The molecule has 0 amide bonds. The molecule has 2 unspecified atom stereocenters. The van der Waals surface area contributed by atoms with E-state index in [2.05, 4.69) is 38.8 Å². The molecule has 1 aliphatic heterocycles. The van der Waals surface area contributed by atoms with Crippen molar-refractivity contribution in [3.05, 3.63) is 15.9 Å². The summed E-state index contributed by atoms with van der Waals surface area (Å²) in [5.41, 5.74) is 0. The second kappa shape index (κ2) is 5.28. The van der Waals surface area contributed by atoms with Gasteiger partial charge in [-0.1, -0.05) is 22.9 Å². The van der Waals surface area contributed by atoms with E-state index < -0.39 is 10.0 Å². The summed E-state index contributed by atoms with van der Waals surface area (Å²) < 4.78 is 27.8. The Bertz CT molecular complexity index is 500. The number of hydrogen-bond acceptors (Lipinski definition) is 3. The third-order valence-electron chi connectivity index (χ3n) is 3.10. The molecule has 1 aromatic rings. The van der Waals surface area contributed by atoms with E-state index in [0.29, 0.717) is 22.0 Å². The van der Waals surface area contributed by atoms with Crippen molar-refractivity contribution in [2.75, 3.05) is 11.9 Å². The van der Waals surface area contributed by atoms with E-state index in [0.717, 1.165) is 10.2 Å². The molecule has 1 saturated heterocycles. The van der Waals surface area contributed by atoms with E-state index in [1.807, 2.05) is 0 Å². The first-order chi connectivity index (χ1) is 7.96. The summed E-state index contributed by atoms with van der Waals surface area (Å²) in [6.07, 6.45) is 0.933.